The van der Waals surface area contributed by atoms with Crippen molar-refractivity contribution in [1.82, 2.24) is 4.98 Å². The van der Waals surface area contributed by atoms with Crippen molar-refractivity contribution in [3.8, 4) is 16.9 Å². The molecule has 1 saturated carbocycles. The highest BCUT2D eigenvalue weighted by Crippen LogP contribution is 2.45. The first-order chi connectivity index (χ1) is 11.5. The van der Waals surface area contributed by atoms with Crippen molar-refractivity contribution in [2.75, 3.05) is 6.61 Å². The number of nitrogens with zero attached hydrogens (tertiary/aromatic N) is 1. The Labute approximate surface area is 146 Å². The van der Waals surface area contributed by atoms with E-state index in [1.54, 1.807) is 0 Å². The number of ether oxygens (including phenoxy) is 1. The second kappa shape index (κ2) is 7.38. The van der Waals surface area contributed by atoms with Gasteiger partial charge >= 0.3 is 0 Å². The maximum absolute atomic E-state index is 6.20. The van der Waals surface area contributed by atoms with Gasteiger partial charge in [-0.15, -0.1) is 0 Å². The molecule has 2 aromatic rings. The number of rotatable bonds is 7. The predicted octanol–water partition coefficient (Wildman–Crippen LogP) is 6.00. The Kier molecular flexibility index (Phi) is 5.23. The summed E-state index contributed by atoms with van der Waals surface area (Å²) >= 11 is 0. The summed E-state index contributed by atoms with van der Waals surface area (Å²) in [5.74, 6) is 3.09. The summed E-state index contributed by atoms with van der Waals surface area (Å²) in [5, 5.41) is 0. The maximum Gasteiger partial charge on any atom is 0.122 e. The number of hydrogen-bond donors (Lipinski definition) is 0. The third-order valence-electron chi connectivity index (χ3n) is 4.65. The molecule has 1 heterocycles. The van der Waals surface area contributed by atoms with Crippen LogP contribution in [0.2, 0.25) is 0 Å². The van der Waals surface area contributed by atoms with E-state index in [2.05, 4.69) is 56.1 Å². The Morgan fingerprint density at radius 3 is 2.50 bits per heavy atom. The highest BCUT2D eigenvalue weighted by atomic mass is 16.5. The molecule has 2 heteroatoms. The molecule has 1 atom stereocenters. The fraction of sp³-hybridized carbons (Fsp3) is 0.500. The zero-order valence-electron chi connectivity index (χ0n) is 15.4. The Balaban J connectivity index is 1.78. The van der Waals surface area contributed by atoms with Crippen LogP contribution in [0, 0.1) is 18.8 Å². The minimum Gasteiger partial charge on any atom is -0.493 e. The first-order valence-corrected chi connectivity index (χ1v) is 9.22. The number of benzene rings is 1. The SMILES string of the molecule is Cc1cc(-c2ccc(OC[C@@H](C)CC(C)C)c(C3CC3)c2)ccn1. The molecular formula is C22H29NO. The molecule has 3 rings (SSSR count). The summed E-state index contributed by atoms with van der Waals surface area (Å²) in [6, 6.07) is 10.9. The van der Waals surface area contributed by atoms with Gasteiger partial charge in [0.15, 0.2) is 0 Å². The number of hydrogen-bond acceptors (Lipinski definition) is 2. The van der Waals surface area contributed by atoms with Crippen LogP contribution >= 0.6 is 0 Å². The lowest BCUT2D eigenvalue weighted by Gasteiger charge is -2.18. The van der Waals surface area contributed by atoms with Gasteiger partial charge in [0.1, 0.15) is 5.75 Å². The number of pyridine rings is 1. The van der Waals surface area contributed by atoms with Crippen LogP contribution in [0.4, 0.5) is 0 Å². The van der Waals surface area contributed by atoms with Crippen molar-refractivity contribution in [3.63, 3.8) is 0 Å². The average molecular weight is 323 g/mol. The van der Waals surface area contributed by atoms with Crippen LogP contribution in [-0.4, -0.2) is 11.6 Å². The van der Waals surface area contributed by atoms with E-state index in [4.69, 9.17) is 4.74 Å². The quantitative estimate of drug-likeness (QED) is 0.624. The van der Waals surface area contributed by atoms with Gasteiger partial charge in [0.2, 0.25) is 0 Å². The van der Waals surface area contributed by atoms with Gasteiger partial charge in [-0.05, 0) is 84.9 Å². The molecule has 0 bridgehead atoms. The number of aromatic nitrogens is 1. The maximum atomic E-state index is 6.20. The van der Waals surface area contributed by atoms with Crippen molar-refractivity contribution in [3.05, 3.63) is 47.8 Å². The summed E-state index contributed by atoms with van der Waals surface area (Å²) in [5.41, 5.74) is 4.95. The van der Waals surface area contributed by atoms with Gasteiger partial charge in [-0.1, -0.05) is 26.8 Å². The van der Waals surface area contributed by atoms with Crippen LogP contribution < -0.4 is 4.74 Å². The van der Waals surface area contributed by atoms with Crippen LogP contribution in [0.15, 0.2) is 36.5 Å². The minimum atomic E-state index is 0.597. The minimum absolute atomic E-state index is 0.597. The van der Waals surface area contributed by atoms with Gasteiger partial charge in [0.05, 0.1) is 6.61 Å². The second-order valence-electron chi connectivity index (χ2n) is 7.76. The molecule has 2 nitrogen and oxygen atoms in total. The molecule has 1 aromatic carbocycles. The van der Waals surface area contributed by atoms with E-state index in [-0.39, 0.29) is 0 Å². The third kappa shape index (κ3) is 4.37. The summed E-state index contributed by atoms with van der Waals surface area (Å²) in [6.07, 6.45) is 5.68. The second-order valence-corrected chi connectivity index (χ2v) is 7.76. The normalized spacial score (nSPS) is 15.5. The van der Waals surface area contributed by atoms with E-state index in [0.29, 0.717) is 11.8 Å². The molecule has 0 amide bonds. The van der Waals surface area contributed by atoms with Crippen LogP contribution in [0.5, 0.6) is 5.75 Å². The molecule has 0 radical (unpaired) electrons. The van der Waals surface area contributed by atoms with E-state index in [1.165, 1.54) is 36.0 Å². The monoisotopic (exact) mass is 323 g/mol. The van der Waals surface area contributed by atoms with Crippen LogP contribution in [0.1, 0.15) is 57.2 Å². The number of aryl methyl sites for hydroxylation is 1. The van der Waals surface area contributed by atoms with Gasteiger partial charge in [-0.3, -0.25) is 4.98 Å². The van der Waals surface area contributed by atoms with Crippen molar-refractivity contribution in [2.45, 2.75) is 52.9 Å². The lowest BCUT2D eigenvalue weighted by Crippen LogP contribution is -2.11. The largest absolute Gasteiger partial charge is 0.493 e. The van der Waals surface area contributed by atoms with Crippen molar-refractivity contribution in [1.29, 1.82) is 0 Å². The van der Waals surface area contributed by atoms with Crippen LogP contribution in [0.25, 0.3) is 11.1 Å². The van der Waals surface area contributed by atoms with Gasteiger partial charge < -0.3 is 4.74 Å². The van der Waals surface area contributed by atoms with Crippen molar-refractivity contribution >= 4 is 0 Å². The smallest absolute Gasteiger partial charge is 0.122 e. The standard InChI is InChI=1S/C22H29NO/c1-15(2)11-16(3)14-24-22-8-7-19(13-21(22)18-5-6-18)20-9-10-23-17(4)12-20/h7-10,12-13,15-16,18H,5-6,11,14H2,1-4H3/t16-/m0/s1. The molecule has 0 spiro atoms. The Hall–Kier alpha value is -1.83. The summed E-state index contributed by atoms with van der Waals surface area (Å²) in [7, 11) is 0. The van der Waals surface area contributed by atoms with Crippen molar-refractivity contribution < 1.29 is 4.74 Å². The molecule has 1 aliphatic carbocycles. The first kappa shape index (κ1) is 17.0. The van der Waals surface area contributed by atoms with Crippen LogP contribution in [-0.2, 0) is 0 Å². The molecule has 0 N–H and O–H groups in total. The topological polar surface area (TPSA) is 22.1 Å². The molecule has 0 aliphatic heterocycles. The average Bonchev–Trinajstić information content (AvgIpc) is 3.37. The molecule has 24 heavy (non-hydrogen) atoms. The van der Waals surface area contributed by atoms with Crippen molar-refractivity contribution in [2.24, 2.45) is 11.8 Å². The van der Waals surface area contributed by atoms with E-state index < -0.39 is 0 Å². The van der Waals surface area contributed by atoms with Gasteiger partial charge in [0.25, 0.3) is 0 Å². The third-order valence-corrected chi connectivity index (χ3v) is 4.65. The predicted molar refractivity (Wildman–Crippen MR) is 100 cm³/mol. The summed E-state index contributed by atoms with van der Waals surface area (Å²) in [6.45, 7) is 9.69. The van der Waals surface area contributed by atoms with Gasteiger partial charge in [-0.2, -0.15) is 0 Å². The first-order valence-electron chi connectivity index (χ1n) is 9.22. The van der Waals surface area contributed by atoms with Crippen LogP contribution in [0.3, 0.4) is 0 Å². The summed E-state index contributed by atoms with van der Waals surface area (Å²) in [4.78, 5) is 4.30. The van der Waals surface area contributed by atoms with E-state index in [9.17, 15) is 0 Å². The Morgan fingerprint density at radius 1 is 1.08 bits per heavy atom. The highest BCUT2D eigenvalue weighted by Gasteiger charge is 2.27. The molecule has 128 valence electrons. The molecule has 1 aliphatic rings. The highest BCUT2D eigenvalue weighted by molar-refractivity contribution is 5.66. The zero-order chi connectivity index (χ0) is 17.1. The molecule has 1 fully saturated rings. The molecule has 1 aromatic heterocycles. The summed E-state index contributed by atoms with van der Waals surface area (Å²) < 4.78 is 6.20. The lowest BCUT2D eigenvalue weighted by atomic mass is 9.99. The molecule has 0 unspecified atom stereocenters. The molecular weight excluding hydrogens is 294 g/mol. The fourth-order valence-electron chi connectivity index (χ4n) is 3.40. The molecule has 0 saturated heterocycles. The lowest BCUT2D eigenvalue weighted by molar-refractivity contribution is 0.237. The van der Waals surface area contributed by atoms with E-state index in [1.807, 2.05) is 13.1 Å². The van der Waals surface area contributed by atoms with E-state index in [0.717, 1.165) is 24.0 Å². The Bertz CT molecular complexity index is 688. The Morgan fingerprint density at radius 2 is 1.83 bits per heavy atom. The zero-order valence-corrected chi connectivity index (χ0v) is 15.4. The van der Waals surface area contributed by atoms with E-state index >= 15 is 0 Å². The van der Waals surface area contributed by atoms with Gasteiger partial charge in [-0.25, -0.2) is 0 Å². The van der Waals surface area contributed by atoms with Gasteiger partial charge in [0, 0.05) is 11.9 Å². The fourth-order valence-corrected chi connectivity index (χ4v) is 3.40.